The average Bonchev–Trinajstić information content (AvgIpc) is 3.18. The predicted octanol–water partition coefficient (Wildman–Crippen LogP) is 14.5. The van der Waals surface area contributed by atoms with Gasteiger partial charge in [-0.3, -0.25) is 14.4 Å². The molecule has 0 rings (SSSR count). The molecule has 0 aliphatic heterocycles. The average molecular weight is 769 g/mol. The third-order valence-corrected chi connectivity index (χ3v) is 9.58. The number of ether oxygens (including phenoxy) is 3. The Labute approximate surface area is 339 Å². The standard InChI is InChI=1S/C49H84O6/c1-4-7-10-13-16-19-22-25-28-30-33-36-39-42-48(51)54-45-46(55-49(52)43-40-37-34-31-27-24-21-18-15-12-9-6-3)44-53-47(50)41-38-35-32-29-26-23-20-17-14-11-8-5-2/h7,9-10,12-13,16,18-19,21-22,46H,4-6,8,11,14-15,17,20,23-45H2,1-3H3/b10-7-,12-9-,16-13-,21-18-,22-19-. The molecule has 0 radical (unpaired) electrons. The van der Waals surface area contributed by atoms with Gasteiger partial charge < -0.3 is 14.2 Å². The van der Waals surface area contributed by atoms with Gasteiger partial charge in [0.15, 0.2) is 6.10 Å². The molecule has 0 saturated heterocycles. The van der Waals surface area contributed by atoms with Crippen molar-refractivity contribution >= 4 is 17.9 Å². The molecule has 0 aromatic rings. The minimum absolute atomic E-state index is 0.0858. The van der Waals surface area contributed by atoms with E-state index in [4.69, 9.17) is 14.2 Å². The second kappa shape index (κ2) is 43.8. The molecule has 0 aromatic carbocycles. The molecule has 0 N–H and O–H groups in total. The summed E-state index contributed by atoms with van der Waals surface area (Å²) in [6, 6.07) is 0. The van der Waals surface area contributed by atoms with E-state index in [1.165, 1.54) is 57.8 Å². The Bertz CT molecular complexity index is 1020. The van der Waals surface area contributed by atoms with E-state index in [0.29, 0.717) is 19.3 Å². The quantitative estimate of drug-likeness (QED) is 0.0203. The van der Waals surface area contributed by atoms with Crippen LogP contribution in [-0.4, -0.2) is 37.2 Å². The number of esters is 3. The first-order valence-corrected chi connectivity index (χ1v) is 22.8. The van der Waals surface area contributed by atoms with Crippen molar-refractivity contribution in [2.45, 2.75) is 219 Å². The Morgan fingerprint density at radius 2 is 0.800 bits per heavy atom. The lowest BCUT2D eigenvalue weighted by molar-refractivity contribution is -0.167. The number of unbranched alkanes of at least 4 members (excludes halogenated alkanes) is 21. The first kappa shape index (κ1) is 52.1. The van der Waals surface area contributed by atoms with Gasteiger partial charge in [0.2, 0.25) is 0 Å². The molecule has 0 aliphatic rings. The molecule has 316 valence electrons. The molecule has 6 heteroatoms. The topological polar surface area (TPSA) is 78.9 Å². The monoisotopic (exact) mass is 769 g/mol. The summed E-state index contributed by atoms with van der Waals surface area (Å²) in [6.45, 7) is 6.35. The Balaban J connectivity index is 4.42. The van der Waals surface area contributed by atoms with Gasteiger partial charge in [0.05, 0.1) is 0 Å². The van der Waals surface area contributed by atoms with Crippen LogP contribution in [0.4, 0.5) is 0 Å². The Morgan fingerprint density at radius 3 is 1.29 bits per heavy atom. The van der Waals surface area contributed by atoms with E-state index in [9.17, 15) is 14.4 Å². The SMILES string of the molecule is CC\C=C/C=C\C=C/CCCCCCCC(=O)OCC(COC(=O)CCCCCCCCCCCCCC)OC(=O)CCCCCCC/C=C\C/C=C\CC. The number of hydrogen-bond acceptors (Lipinski definition) is 6. The highest BCUT2D eigenvalue weighted by Crippen LogP contribution is 2.14. The van der Waals surface area contributed by atoms with Gasteiger partial charge in [-0.25, -0.2) is 0 Å². The van der Waals surface area contributed by atoms with E-state index in [1.54, 1.807) is 0 Å². The van der Waals surface area contributed by atoms with Crippen LogP contribution in [0.3, 0.4) is 0 Å². The second-order valence-electron chi connectivity index (χ2n) is 15.0. The summed E-state index contributed by atoms with van der Waals surface area (Å²) in [5.74, 6) is -0.925. The number of allylic oxidation sites excluding steroid dienone is 10. The summed E-state index contributed by atoms with van der Waals surface area (Å²) in [5, 5.41) is 0. The highest BCUT2D eigenvalue weighted by atomic mass is 16.6. The van der Waals surface area contributed by atoms with Crippen molar-refractivity contribution in [2.24, 2.45) is 0 Å². The lowest BCUT2D eigenvalue weighted by Crippen LogP contribution is -2.30. The number of carbonyl (C=O) groups is 3. The third kappa shape index (κ3) is 42.1. The molecule has 0 aliphatic carbocycles. The van der Waals surface area contributed by atoms with E-state index in [1.807, 2.05) is 0 Å². The molecule has 0 aromatic heterocycles. The largest absolute Gasteiger partial charge is 0.462 e. The Kier molecular flexibility index (Phi) is 41.5. The van der Waals surface area contributed by atoms with Crippen LogP contribution in [0.2, 0.25) is 0 Å². The molecular formula is C49H84O6. The van der Waals surface area contributed by atoms with Crippen molar-refractivity contribution in [2.75, 3.05) is 13.2 Å². The van der Waals surface area contributed by atoms with Crippen LogP contribution in [0.5, 0.6) is 0 Å². The van der Waals surface area contributed by atoms with E-state index >= 15 is 0 Å². The second-order valence-corrected chi connectivity index (χ2v) is 15.0. The third-order valence-electron chi connectivity index (χ3n) is 9.58. The van der Waals surface area contributed by atoms with Crippen molar-refractivity contribution in [3.05, 3.63) is 60.8 Å². The molecule has 1 unspecified atom stereocenters. The van der Waals surface area contributed by atoms with Gasteiger partial charge in [-0.2, -0.15) is 0 Å². The highest BCUT2D eigenvalue weighted by molar-refractivity contribution is 5.71. The van der Waals surface area contributed by atoms with Crippen molar-refractivity contribution in [1.29, 1.82) is 0 Å². The first-order valence-electron chi connectivity index (χ1n) is 22.8. The van der Waals surface area contributed by atoms with Crippen molar-refractivity contribution < 1.29 is 28.6 Å². The van der Waals surface area contributed by atoms with Gasteiger partial charge in [-0.05, 0) is 64.2 Å². The van der Waals surface area contributed by atoms with Gasteiger partial charge in [0, 0.05) is 19.3 Å². The van der Waals surface area contributed by atoms with Crippen LogP contribution < -0.4 is 0 Å². The fraction of sp³-hybridized carbons (Fsp3) is 0.735. The number of rotatable bonds is 40. The van der Waals surface area contributed by atoms with Crippen LogP contribution in [0.1, 0.15) is 213 Å². The van der Waals surface area contributed by atoms with Crippen molar-refractivity contribution in [3.63, 3.8) is 0 Å². The summed E-state index contributed by atoms with van der Waals surface area (Å²) in [5.41, 5.74) is 0. The molecule has 0 heterocycles. The van der Waals surface area contributed by atoms with Crippen LogP contribution >= 0.6 is 0 Å². The molecule has 0 amide bonds. The predicted molar refractivity (Wildman–Crippen MR) is 233 cm³/mol. The van der Waals surface area contributed by atoms with Gasteiger partial charge in [0.25, 0.3) is 0 Å². The van der Waals surface area contributed by atoms with Crippen molar-refractivity contribution in [1.82, 2.24) is 0 Å². The zero-order valence-corrected chi connectivity index (χ0v) is 35.9. The lowest BCUT2D eigenvalue weighted by atomic mass is 10.0. The zero-order valence-electron chi connectivity index (χ0n) is 35.9. The summed E-state index contributed by atoms with van der Waals surface area (Å²) in [7, 11) is 0. The van der Waals surface area contributed by atoms with Gasteiger partial charge in [-0.15, -0.1) is 0 Å². The van der Waals surface area contributed by atoms with Gasteiger partial charge in [0.1, 0.15) is 13.2 Å². The smallest absolute Gasteiger partial charge is 0.306 e. The molecule has 6 nitrogen and oxygen atoms in total. The molecule has 55 heavy (non-hydrogen) atoms. The normalized spacial score (nSPS) is 12.6. The molecule has 0 spiro atoms. The lowest BCUT2D eigenvalue weighted by Gasteiger charge is -2.18. The molecule has 0 bridgehead atoms. The van der Waals surface area contributed by atoms with Gasteiger partial charge >= 0.3 is 17.9 Å². The van der Waals surface area contributed by atoms with Crippen LogP contribution in [0.15, 0.2) is 60.8 Å². The highest BCUT2D eigenvalue weighted by Gasteiger charge is 2.19. The summed E-state index contributed by atoms with van der Waals surface area (Å²) in [4.78, 5) is 37.7. The van der Waals surface area contributed by atoms with Crippen LogP contribution in [0.25, 0.3) is 0 Å². The first-order chi connectivity index (χ1) is 27.0. The molecule has 1 atom stereocenters. The Morgan fingerprint density at radius 1 is 0.400 bits per heavy atom. The van der Waals surface area contributed by atoms with E-state index in [2.05, 4.69) is 81.5 Å². The summed E-state index contributed by atoms with van der Waals surface area (Å²) < 4.78 is 16.7. The molecule has 0 saturated carbocycles. The zero-order chi connectivity index (χ0) is 40.1. The van der Waals surface area contributed by atoms with E-state index in [0.717, 1.165) is 116 Å². The summed E-state index contributed by atoms with van der Waals surface area (Å²) in [6.07, 6.45) is 52.0. The van der Waals surface area contributed by atoms with E-state index < -0.39 is 6.10 Å². The minimum atomic E-state index is -0.785. The Hall–Kier alpha value is -2.89. The minimum Gasteiger partial charge on any atom is -0.462 e. The van der Waals surface area contributed by atoms with Crippen LogP contribution in [0, 0.1) is 0 Å². The summed E-state index contributed by atoms with van der Waals surface area (Å²) >= 11 is 0. The number of carbonyl (C=O) groups excluding carboxylic acids is 3. The maximum atomic E-state index is 12.7. The number of hydrogen-bond donors (Lipinski definition) is 0. The maximum Gasteiger partial charge on any atom is 0.306 e. The molecule has 0 fully saturated rings. The fourth-order valence-electron chi connectivity index (χ4n) is 6.18. The van der Waals surface area contributed by atoms with Gasteiger partial charge in [-0.1, -0.05) is 191 Å². The maximum absolute atomic E-state index is 12.7. The van der Waals surface area contributed by atoms with Crippen LogP contribution in [-0.2, 0) is 28.6 Å². The van der Waals surface area contributed by atoms with E-state index in [-0.39, 0.29) is 31.1 Å². The fourth-order valence-corrected chi connectivity index (χ4v) is 6.18. The molecular weight excluding hydrogens is 685 g/mol. The van der Waals surface area contributed by atoms with Crippen molar-refractivity contribution in [3.8, 4) is 0 Å².